The van der Waals surface area contributed by atoms with Crippen LogP contribution in [0.15, 0.2) is 36.4 Å². The van der Waals surface area contributed by atoms with Crippen LogP contribution in [0.5, 0.6) is 17.2 Å². The normalized spacial score (nSPS) is 16.6. The van der Waals surface area contributed by atoms with Crippen LogP contribution in [-0.4, -0.2) is 27.9 Å². The predicted molar refractivity (Wildman–Crippen MR) is 89.5 cm³/mol. The van der Waals surface area contributed by atoms with E-state index in [-0.39, 0.29) is 0 Å². The van der Waals surface area contributed by atoms with Crippen molar-refractivity contribution in [3.05, 3.63) is 53.1 Å². The number of ether oxygens (including phenoxy) is 3. The fourth-order valence-corrected chi connectivity index (χ4v) is 3.29. The number of fused-ring (bicyclic) bond motifs is 1. The molecular weight excluding hydrogens is 290 g/mol. The molecule has 1 unspecified atom stereocenters. The van der Waals surface area contributed by atoms with Gasteiger partial charge in [-0.1, -0.05) is 24.3 Å². The molecule has 0 amide bonds. The second-order valence-electron chi connectivity index (χ2n) is 5.89. The summed E-state index contributed by atoms with van der Waals surface area (Å²) in [5.41, 5.74) is 4.09. The van der Waals surface area contributed by atoms with Crippen LogP contribution in [0.4, 0.5) is 0 Å². The number of benzene rings is 2. The highest BCUT2D eigenvalue weighted by Crippen LogP contribution is 2.34. The van der Waals surface area contributed by atoms with Gasteiger partial charge in [0.15, 0.2) is 11.5 Å². The molecule has 0 radical (unpaired) electrons. The summed E-state index contributed by atoms with van der Waals surface area (Å²) in [6.07, 6.45) is 1.13. The summed E-state index contributed by atoms with van der Waals surface area (Å²) in [7, 11) is 5.01. The number of nitrogens with one attached hydrogen (secondary N) is 1. The van der Waals surface area contributed by atoms with Gasteiger partial charge >= 0.3 is 0 Å². The Kier molecular flexibility index (Phi) is 4.72. The SMILES string of the molecule is COc1cc(OC)c(OC)cc1C[NH+]1CCc2ccccc2C1. The molecular formula is C19H24NO3+. The number of hydrogen-bond donors (Lipinski definition) is 1. The van der Waals surface area contributed by atoms with E-state index in [2.05, 4.69) is 24.3 Å². The third kappa shape index (κ3) is 3.27. The molecule has 1 atom stereocenters. The van der Waals surface area contributed by atoms with Gasteiger partial charge in [0, 0.05) is 18.1 Å². The molecule has 2 aromatic carbocycles. The van der Waals surface area contributed by atoms with E-state index in [1.54, 1.807) is 21.3 Å². The summed E-state index contributed by atoms with van der Waals surface area (Å²) in [5, 5.41) is 0. The lowest BCUT2D eigenvalue weighted by Gasteiger charge is -2.26. The summed E-state index contributed by atoms with van der Waals surface area (Å²) in [6.45, 7) is 3.10. The highest BCUT2D eigenvalue weighted by atomic mass is 16.5. The maximum atomic E-state index is 5.55. The van der Waals surface area contributed by atoms with Crippen molar-refractivity contribution in [1.82, 2.24) is 0 Å². The molecule has 0 spiro atoms. The summed E-state index contributed by atoms with van der Waals surface area (Å²) in [6, 6.07) is 12.7. The Labute approximate surface area is 137 Å². The zero-order chi connectivity index (χ0) is 16.2. The molecule has 0 fully saturated rings. The third-order valence-corrected chi connectivity index (χ3v) is 4.53. The second-order valence-corrected chi connectivity index (χ2v) is 5.89. The maximum absolute atomic E-state index is 5.55. The molecule has 0 aliphatic carbocycles. The second kappa shape index (κ2) is 6.92. The van der Waals surface area contributed by atoms with Gasteiger partial charge in [-0.3, -0.25) is 0 Å². The average molecular weight is 314 g/mol. The summed E-state index contributed by atoms with van der Waals surface area (Å²) < 4.78 is 16.3. The van der Waals surface area contributed by atoms with Crippen LogP contribution in [0.2, 0.25) is 0 Å². The summed E-state index contributed by atoms with van der Waals surface area (Å²) >= 11 is 0. The van der Waals surface area contributed by atoms with Crippen molar-refractivity contribution in [2.45, 2.75) is 19.5 Å². The first-order chi connectivity index (χ1) is 11.2. The van der Waals surface area contributed by atoms with Gasteiger partial charge in [-0.15, -0.1) is 0 Å². The Morgan fingerprint density at radius 2 is 1.52 bits per heavy atom. The first-order valence-electron chi connectivity index (χ1n) is 7.94. The van der Waals surface area contributed by atoms with Crippen LogP contribution >= 0.6 is 0 Å². The molecule has 4 nitrogen and oxygen atoms in total. The first-order valence-corrected chi connectivity index (χ1v) is 7.94. The van der Waals surface area contributed by atoms with Crippen molar-refractivity contribution in [3.63, 3.8) is 0 Å². The van der Waals surface area contributed by atoms with Crippen molar-refractivity contribution in [1.29, 1.82) is 0 Å². The largest absolute Gasteiger partial charge is 0.496 e. The van der Waals surface area contributed by atoms with Crippen LogP contribution < -0.4 is 19.1 Å². The van der Waals surface area contributed by atoms with Crippen LogP contribution in [0.25, 0.3) is 0 Å². The molecule has 4 heteroatoms. The minimum atomic E-state index is 0.701. The van der Waals surface area contributed by atoms with Gasteiger partial charge in [0.25, 0.3) is 0 Å². The molecule has 1 N–H and O–H groups in total. The van der Waals surface area contributed by atoms with Gasteiger partial charge in [0.2, 0.25) is 0 Å². The molecule has 0 aromatic heterocycles. The molecule has 3 rings (SSSR count). The van der Waals surface area contributed by atoms with Crippen molar-refractivity contribution in [2.75, 3.05) is 27.9 Å². The quantitative estimate of drug-likeness (QED) is 0.914. The van der Waals surface area contributed by atoms with Crippen LogP contribution in [0.3, 0.4) is 0 Å². The molecule has 0 saturated heterocycles. The minimum Gasteiger partial charge on any atom is -0.496 e. The summed E-state index contributed by atoms with van der Waals surface area (Å²) in [5.74, 6) is 2.31. The molecule has 1 heterocycles. The highest BCUT2D eigenvalue weighted by molar-refractivity contribution is 5.50. The first kappa shape index (κ1) is 15.7. The van der Waals surface area contributed by atoms with Crippen molar-refractivity contribution < 1.29 is 19.1 Å². The Morgan fingerprint density at radius 3 is 2.22 bits per heavy atom. The average Bonchev–Trinajstić information content (AvgIpc) is 2.61. The van der Waals surface area contributed by atoms with E-state index in [4.69, 9.17) is 14.2 Å². The molecule has 23 heavy (non-hydrogen) atoms. The molecule has 1 aliphatic heterocycles. The molecule has 1 aliphatic rings. The standard InChI is InChI=1S/C19H23NO3/c1-21-17-11-19(23-3)18(22-2)10-16(17)13-20-9-8-14-6-4-5-7-15(14)12-20/h4-7,10-11H,8-9,12-13H2,1-3H3/p+1. The molecule has 2 aromatic rings. The zero-order valence-electron chi connectivity index (χ0n) is 14.0. The van der Waals surface area contributed by atoms with Gasteiger partial charge in [-0.25, -0.2) is 0 Å². The molecule has 0 saturated carbocycles. The lowest BCUT2D eigenvalue weighted by molar-refractivity contribution is -0.929. The van der Waals surface area contributed by atoms with E-state index >= 15 is 0 Å². The Hall–Kier alpha value is -2.20. The van der Waals surface area contributed by atoms with E-state index in [9.17, 15) is 0 Å². The Morgan fingerprint density at radius 1 is 0.870 bits per heavy atom. The number of quaternary nitrogens is 1. The monoisotopic (exact) mass is 314 g/mol. The molecule has 0 bridgehead atoms. The minimum absolute atomic E-state index is 0.701. The third-order valence-electron chi connectivity index (χ3n) is 4.53. The lowest BCUT2D eigenvalue weighted by Crippen LogP contribution is -3.10. The van der Waals surface area contributed by atoms with E-state index in [0.717, 1.165) is 43.1 Å². The smallest absolute Gasteiger partial charge is 0.164 e. The number of methoxy groups -OCH3 is 3. The van der Waals surface area contributed by atoms with Crippen LogP contribution in [0.1, 0.15) is 16.7 Å². The Balaban J connectivity index is 1.83. The van der Waals surface area contributed by atoms with E-state index in [1.807, 2.05) is 12.1 Å². The predicted octanol–water partition coefficient (Wildman–Crippen LogP) is 1.85. The van der Waals surface area contributed by atoms with Crippen molar-refractivity contribution in [2.24, 2.45) is 0 Å². The maximum Gasteiger partial charge on any atom is 0.164 e. The van der Waals surface area contributed by atoms with Crippen molar-refractivity contribution in [3.8, 4) is 17.2 Å². The zero-order valence-corrected chi connectivity index (χ0v) is 14.0. The van der Waals surface area contributed by atoms with Gasteiger partial charge in [-0.2, -0.15) is 0 Å². The van der Waals surface area contributed by atoms with Gasteiger partial charge in [0.1, 0.15) is 18.8 Å². The van der Waals surface area contributed by atoms with E-state index in [1.165, 1.54) is 16.0 Å². The fraction of sp³-hybridized carbons (Fsp3) is 0.368. The lowest BCUT2D eigenvalue weighted by atomic mass is 9.99. The summed E-state index contributed by atoms with van der Waals surface area (Å²) in [4.78, 5) is 1.54. The van der Waals surface area contributed by atoms with E-state index < -0.39 is 0 Å². The number of hydrogen-bond acceptors (Lipinski definition) is 3. The molecule has 122 valence electrons. The topological polar surface area (TPSA) is 32.1 Å². The van der Waals surface area contributed by atoms with Crippen molar-refractivity contribution >= 4 is 0 Å². The fourth-order valence-electron chi connectivity index (χ4n) is 3.29. The number of rotatable bonds is 5. The van der Waals surface area contributed by atoms with E-state index in [0.29, 0.717) is 5.75 Å². The van der Waals surface area contributed by atoms with Gasteiger partial charge in [-0.05, 0) is 11.6 Å². The Bertz CT molecular complexity index is 684. The van der Waals surface area contributed by atoms with Crippen LogP contribution in [0, 0.1) is 0 Å². The van der Waals surface area contributed by atoms with Gasteiger partial charge in [0.05, 0.1) is 33.4 Å². The van der Waals surface area contributed by atoms with Crippen LogP contribution in [-0.2, 0) is 19.5 Å². The highest BCUT2D eigenvalue weighted by Gasteiger charge is 2.22. The van der Waals surface area contributed by atoms with Gasteiger partial charge < -0.3 is 19.1 Å².